The van der Waals surface area contributed by atoms with E-state index in [9.17, 15) is 5.11 Å². The van der Waals surface area contributed by atoms with Gasteiger partial charge in [0.2, 0.25) is 0 Å². The van der Waals surface area contributed by atoms with Gasteiger partial charge in [-0.15, -0.1) is 0 Å². The third-order valence-corrected chi connectivity index (χ3v) is 7.05. The SMILES string of the molecule is CC(C)c1c[nH]c2cc(O)c(-c3ccc(-c4cccnc4)n3-c3ccc(N4CCOCC4)cc3)cc12. The quantitative estimate of drug-likeness (QED) is 0.309. The van der Waals surface area contributed by atoms with Crippen LogP contribution < -0.4 is 4.90 Å². The highest BCUT2D eigenvalue weighted by Crippen LogP contribution is 2.40. The lowest BCUT2D eigenvalue weighted by Gasteiger charge is -2.29. The number of rotatable bonds is 5. The van der Waals surface area contributed by atoms with Crippen molar-refractivity contribution in [2.24, 2.45) is 0 Å². The Labute approximate surface area is 210 Å². The number of anilines is 1. The third kappa shape index (κ3) is 3.93. The fourth-order valence-electron chi connectivity index (χ4n) is 5.16. The number of nitrogens with one attached hydrogen (secondary N) is 1. The molecular weight excluding hydrogens is 448 g/mol. The smallest absolute Gasteiger partial charge is 0.127 e. The minimum absolute atomic E-state index is 0.252. The molecule has 0 bridgehead atoms. The van der Waals surface area contributed by atoms with Crippen molar-refractivity contribution in [3.63, 3.8) is 0 Å². The number of fused-ring (bicyclic) bond motifs is 1. The first kappa shape index (κ1) is 22.4. The summed E-state index contributed by atoms with van der Waals surface area (Å²) in [5.74, 6) is 0.628. The van der Waals surface area contributed by atoms with E-state index < -0.39 is 0 Å². The average molecular weight is 479 g/mol. The van der Waals surface area contributed by atoms with E-state index in [4.69, 9.17) is 4.74 Å². The molecule has 0 radical (unpaired) electrons. The lowest BCUT2D eigenvalue weighted by Crippen LogP contribution is -2.36. The molecule has 0 aliphatic carbocycles. The van der Waals surface area contributed by atoms with Crippen LogP contribution in [0.1, 0.15) is 25.3 Å². The Kier molecular flexibility index (Phi) is 5.74. The number of H-pyrrole nitrogens is 1. The predicted octanol–water partition coefficient (Wildman–Crippen LogP) is 6.35. The van der Waals surface area contributed by atoms with Gasteiger partial charge in [-0.05, 0) is 66.1 Å². The van der Waals surface area contributed by atoms with E-state index in [1.807, 2.05) is 24.5 Å². The van der Waals surface area contributed by atoms with Crippen molar-refractivity contribution in [1.29, 1.82) is 0 Å². The van der Waals surface area contributed by atoms with Crippen LogP contribution in [0.25, 0.3) is 39.1 Å². The first-order chi connectivity index (χ1) is 17.6. The average Bonchev–Trinajstić information content (AvgIpc) is 3.54. The molecule has 0 amide bonds. The molecule has 2 aromatic carbocycles. The van der Waals surface area contributed by atoms with Crippen molar-refractivity contribution in [2.75, 3.05) is 31.2 Å². The van der Waals surface area contributed by atoms with E-state index in [1.54, 1.807) is 6.20 Å². The maximum Gasteiger partial charge on any atom is 0.127 e. The summed E-state index contributed by atoms with van der Waals surface area (Å²) in [6.45, 7) is 7.69. The summed E-state index contributed by atoms with van der Waals surface area (Å²) in [6, 6.07) is 20.8. The second kappa shape index (κ2) is 9.21. The number of aromatic amines is 1. The Balaban J connectivity index is 1.51. The minimum Gasteiger partial charge on any atom is -0.507 e. The van der Waals surface area contributed by atoms with E-state index >= 15 is 0 Å². The maximum absolute atomic E-state index is 11.1. The summed E-state index contributed by atoms with van der Waals surface area (Å²) < 4.78 is 7.73. The van der Waals surface area contributed by atoms with Crippen molar-refractivity contribution in [2.45, 2.75) is 19.8 Å². The summed E-state index contributed by atoms with van der Waals surface area (Å²) in [6.07, 6.45) is 5.71. The standard InChI is InChI=1S/C30H30N4O2/c1-20(2)26-19-32-27-17-30(35)25(16-24(26)27)29-10-9-28(21-4-3-11-31-18-21)34(29)23-7-5-22(6-8-23)33-12-14-36-15-13-33/h3-11,16-20,32,35H,12-15H2,1-2H3. The van der Waals surface area contributed by atoms with E-state index in [-0.39, 0.29) is 5.75 Å². The van der Waals surface area contributed by atoms with Gasteiger partial charge in [0.05, 0.1) is 24.6 Å². The van der Waals surface area contributed by atoms with Gasteiger partial charge in [-0.3, -0.25) is 4.98 Å². The molecule has 5 aromatic rings. The van der Waals surface area contributed by atoms with Crippen LogP contribution in [0.4, 0.5) is 5.69 Å². The zero-order valence-corrected chi connectivity index (χ0v) is 20.6. The monoisotopic (exact) mass is 478 g/mol. The van der Waals surface area contributed by atoms with Crippen LogP contribution in [0, 0.1) is 0 Å². The maximum atomic E-state index is 11.1. The Morgan fingerprint density at radius 3 is 2.42 bits per heavy atom. The minimum atomic E-state index is 0.252. The largest absolute Gasteiger partial charge is 0.507 e. The van der Waals surface area contributed by atoms with E-state index in [2.05, 4.69) is 81.8 Å². The number of aromatic nitrogens is 3. The number of benzene rings is 2. The van der Waals surface area contributed by atoms with Gasteiger partial charge >= 0.3 is 0 Å². The number of aromatic hydroxyl groups is 1. The normalized spacial score (nSPS) is 14.1. The Bertz CT molecular complexity index is 1490. The molecule has 0 spiro atoms. The molecule has 0 unspecified atom stereocenters. The Morgan fingerprint density at radius 2 is 1.69 bits per heavy atom. The number of morpholine rings is 1. The van der Waals surface area contributed by atoms with Gasteiger partial charge < -0.3 is 24.3 Å². The van der Waals surface area contributed by atoms with Gasteiger partial charge in [-0.1, -0.05) is 13.8 Å². The summed E-state index contributed by atoms with van der Waals surface area (Å²) in [4.78, 5) is 10.0. The number of phenolic OH excluding ortho intramolecular Hbond substituents is 1. The zero-order chi connectivity index (χ0) is 24.6. The second-order valence-electron chi connectivity index (χ2n) is 9.61. The lowest BCUT2D eigenvalue weighted by atomic mass is 9.99. The van der Waals surface area contributed by atoms with E-state index in [0.717, 1.165) is 65.4 Å². The highest BCUT2D eigenvalue weighted by Gasteiger charge is 2.19. The topological polar surface area (TPSA) is 66.3 Å². The van der Waals surface area contributed by atoms with Gasteiger partial charge in [0.25, 0.3) is 0 Å². The van der Waals surface area contributed by atoms with Crippen LogP contribution in [-0.4, -0.2) is 45.9 Å². The molecule has 3 aromatic heterocycles. The van der Waals surface area contributed by atoms with Crippen molar-refractivity contribution >= 4 is 16.6 Å². The van der Waals surface area contributed by atoms with Crippen LogP contribution >= 0.6 is 0 Å². The summed E-state index contributed by atoms with van der Waals surface area (Å²) >= 11 is 0. The molecule has 1 saturated heterocycles. The van der Waals surface area contributed by atoms with Crippen molar-refractivity contribution in [1.82, 2.24) is 14.5 Å². The van der Waals surface area contributed by atoms with Crippen molar-refractivity contribution < 1.29 is 9.84 Å². The van der Waals surface area contributed by atoms with Crippen LogP contribution in [0.5, 0.6) is 5.75 Å². The molecule has 6 nitrogen and oxygen atoms in total. The van der Waals surface area contributed by atoms with Crippen LogP contribution in [-0.2, 0) is 4.74 Å². The lowest BCUT2D eigenvalue weighted by molar-refractivity contribution is 0.122. The fourth-order valence-corrected chi connectivity index (χ4v) is 5.16. The van der Waals surface area contributed by atoms with Crippen molar-refractivity contribution in [3.05, 3.63) is 84.8 Å². The number of ether oxygens (including phenoxy) is 1. The van der Waals surface area contributed by atoms with Crippen molar-refractivity contribution in [3.8, 4) is 34.0 Å². The van der Waals surface area contributed by atoms with Crippen LogP contribution in [0.15, 0.2) is 79.3 Å². The predicted molar refractivity (Wildman–Crippen MR) is 145 cm³/mol. The molecule has 1 fully saturated rings. The summed E-state index contributed by atoms with van der Waals surface area (Å²) in [5.41, 5.74) is 8.19. The Morgan fingerprint density at radius 1 is 0.944 bits per heavy atom. The molecule has 6 heteroatoms. The summed E-state index contributed by atoms with van der Waals surface area (Å²) in [5, 5.41) is 12.2. The molecule has 4 heterocycles. The first-order valence-corrected chi connectivity index (χ1v) is 12.5. The van der Waals surface area contributed by atoms with Gasteiger partial charge in [0.15, 0.2) is 0 Å². The van der Waals surface area contributed by atoms with E-state index in [1.165, 1.54) is 11.3 Å². The molecule has 36 heavy (non-hydrogen) atoms. The zero-order valence-electron chi connectivity index (χ0n) is 20.6. The highest BCUT2D eigenvalue weighted by molar-refractivity contribution is 5.91. The molecule has 0 saturated carbocycles. The first-order valence-electron chi connectivity index (χ1n) is 12.5. The van der Waals surface area contributed by atoms with Gasteiger partial charge in [0.1, 0.15) is 5.75 Å². The number of phenols is 1. The van der Waals surface area contributed by atoms with Gasteiger partial charge in [0, 0.05) is 71.2 Å². The van der Waals surface area contributed by atoms with Crippen LogP contribution in [0.2, 0.25) is 0 Å². The fraction of sp³-hybridized carbons (Fsp3) is 0.233. The molecule has 182 valence electrons. The van der Waals surface area contributed by atoms with Gasteiger partial charge in [-0.25, -0.2) is 0 Å². The molecule has 2 N–H and O–H groups in total. The Hall–Kier alpha value is -4.03. The molecule has 1 aliphatic rings. The second-order valence-corrected chi connectivity index (χ2v) is 9.61. The number of nitrogens with zero attached hydrogens (tertiary/aromatic N) is 3. The van der Waals surface area contributed by atoms with Gasteiger partial charge in [-0.2, -0.15) is 0 Å². The molecule has 6 rings (SSSR count). The summed E-state index contributed by atoms with van der Waals surface area (Å²) in [7, 11) is 0. The molecule has 1 aliphatic heterocycles. The van der Waals surface area contributed by atoms with Crippen LogP contribution in [0.3, 0.4) is 0 Å². The number of pyridine rings is 1. The van der Waals surface area contributed by atoms with E-state index in [0.29, 0.717) is 5.92 Å². The number of hydrogen-bond acceptors (Lipinski definition) is 4. The highest BCUT2D eigenvalue weighted by atomic mass is 16.5. The number of hydrogen-bond donors (Lipinski definition) is 2. The molecule has 0 atom stereocenters. The molecular formula is C30H30N4O2. The third-order valence-electron chi connectivity index (χ3n) is 7.05.